The first-order valence-corrected chi connectivity index (χ1v) is 8.89. The van der Waals surface area contributed by atoms with Crippen molar-refractivity contribution in [1.82, 2.24) is 4.90 Å². The lowest BCUT2D eigenvalue weighted by Gasteiger charge is -2.57. The normalized spacial score (nSPS) is 40.0. The molecular weight excluding hydrogens is 290 g/mol. The second-order valence-electron chi connectivity index (χ2n) is 7.61. The number of rotatable bonds is 3. The molecule has 2 bridgehead atoms. The number of benzene rings is 1. The Hall–Kier alpha value is -1.10. The van der Waals surface area contributed by atoms with Gasteiger partial charge in [-0.25, -0.2) is 0 Å². The third kappa shape index (κ3) is 2.48. The molecule has 3 fully saturated rings. The van der Waals surface area contributed by atoms with Gasteiger partial charge >= 0.3 is 0 Å². The van der Waals surface area contributed by atoms with Crippen LogP contribution in [0.1, 0.15) is 37.7 Å². The van der Waals surface area contributed by atoms with Crippen molar-refractivity contribution in [2.75, 3.05) is 13.7 Å². The van der Waals surface area contributed by atoms with E-state index in [2.05, 4.69) is 17.0 Å². The maximum Gasteiger partial charge on any atom is 0.118 e. The Kier molecular flexibility index (Phi) is 3.87. The number of hydrogen-bond acceptors (Lipinski definition) is 4. The molecule has 0 radical (unpaired) electrons. The van der Waals surface area contributed by atoms with Crippen LogP contribution >= 0.6 is 0 Å². The molecule has 2 N–H and O–H groups in total. The molecule has 2 saturated heterocycles. The first-order valence-electron chi connectivity index (χ1n) is 8.89. The summed E-state index contributed by atoms with van der Waals surface area (Å²) in [5.41, 5.74) is 1.46. The van der Waals surface area contributed by atoms with Crippen LogP contribution in [0.5, 0.6) is 5.75 Å². The van der Waals surface area contributed by atoms with E-state index in [1.165, 1.54) is 18.4 Å². The van der Waals surface area contributed by atoms with Gasteiger partial charge in [-0.15, -0.1) is 0 Å². The van der Waals surface area contributed by atoms with Crippen LogP contribution in [0.15, 0.2) is 24.3 Å². The van der Waals surface area contributed by atoms with Gasteiger partial charge in [0.15, 0.2) is 0 Å². The molecule has 23 heavy (non-hydrogen) atoms. The van der Waals surface area contributed by atoms with Gasteiger partial charge in [-0.2, -0.15) is 0 Å². The summed E-state index contributed by atoms with van der Waals surface area (Å²) >= 11 is 0. The van der Waals surface area contributed by atoms with Gasteiger partial charge in [0.2, 0.25) is 0 Å². The number of hydrogen-bond donors (Lipinski definition) is 2. The number of fused-ring (bicyclic) bond motifs is 1. The van der Waals surface area contributed by atoms with E-state index in [0.29, 0.717) is 0 Å². The van der Waals surface area contributed by atoms with E-state index in [1.807, 2.05) is 12.1 Å². The van der Waals surface area contributed by atoms with Crippen molar-refractivity contribution in [3.63, 3.8) is 0 Å². The molecule has 4 heteroatoms. The lowest BCUT2D eigenvalue weighted by molar-refractivity contribution is -0.146. The third-order valence-corrected chi connectivity index (χ3v) is 6.50. The van der Waals surface area contributed by atoms with Crippen molar-refractivity contribution >= 4 is 0 Å². The van der Waals surface area contributed by atoms with Crippen molar-refractivity contribution in [1.29, 1.82) is 0 Å². The average Bonchev–Trinajstić information content (AvgIpc) is 2.98. The summed E-state index contributed by atoms with van der Waals surface area (Å²) in [6.45, 7) is 1.08. The molecule has 4 nitrogen and oxygen atoms in total. The maximum atomic E-state index is 10.9. The average molecular weight is 317 g/mol. The largest absolute Gasteiger partial charge is 0.497 e. The number of aliphatic hydroxyl groups excluding tert-OH is 2. The van der Waals surface area contributed by atoms with Crippen molar-refractivity contribution in [3.8, 4) is 5.75 Å². The van der Waals surface area contributed by atoms with E-state index in [1.54, 1.807) is 7.11 Å². The van der Waals surface area contributed by atoms with Gasteiger partial charge in [0.05, 0.1) is 19.3 Å². The zero-order valence-corrected chi connectivity index (χ0v) is 13.8. The van der Waals surface area contributed by atoms with Crippen molar-refractivity contribution in [2.24, 2.45) is 5.92 Å². The van der Waals surface area contributed by atoms with Gasteiger partial charge in [-0.1, -0.05) is 12.1 Å². The minimum atomic E-state index is -0.432. The molecule has 5 atom stereocenters. The molecule has 1 saturated carbocycles. The summed E-state index contributed by atoms with van der Waals surface area (Å²) in [7, 11) is 1.68. The SMILES string of the molecule is COc1ccc(C[C@H]2[C@@H](O)C3C[C@]4(CCCN24)CC[C@H]3O)cc1. The molecule has 2 aliphatic heterocycles. The molecule has 2 heterocycles. The maximum absolute atomic E-state index is 10.9. The highest BCUT2D eigenvalue weighted by atomic mass is 16.5. The van der Waals surface area contributed by atoms with Crippen molar-refractivity contribution < 1.29 is 14.9 Å². The lowest BCUT2D eigenvalue weighted by atomic mass is 9.65. The molecule has 1 unspecified atom stereocenters. The summed E-state index contributed by atoms with van der Waals surface area (Å²) in [6.07, 6.45) is 5.40. The molecular formula is C19H27NO3. The predicted molar refractivity (Wildman–Crippen MR) is 88.5 cm³/mol. The highest BCUT2D eigenvalue weighted by Crippen LogP contribution is 2.51. The van der Waals surface area contributed by atoms with Crippen molar-refractivity contribution in [3.05, 3.63) is 29.8 Å². The highest BCUT2D eigenvalue weighted by Gasteiger charge is 2.56. The fraction of sp³-hybridized carbons (Fsp3) is 0.684. The zero-order valence-electron chi connectivity index (χ0n) is 13.8. The summed E-state index contributed by atoms with van der Waals surface area (Å²) in [6, 6.07) is 8.28. The van der Waals surface area contributed by atoms with Gasteiger partial charge < -0.3 is 14.9 Å². The zero-order chi connectivity index (χ0) is 16.0. The van der Waals surface area contributed by atoms with Crippen molar-refractivity contribution in [2.45, 2.75) is 62.3 Å². The van der Waals surface area contributed by atoms with E-state index < -0.39 is 6.10 Å². The Balaban J connectivity index is 1.60. The Bertz CT molecular complexity index is 560. The van der Waals surface area contributed by atoms with Gasteiger partial charge in [0.1, 0.15) is 5.75 Å². The van der Waals surface area contributed by atoms with Crippen LogP contribution in [-0.4, -0.2) is 52.6 Å². The van der Waals surface area contributed by atoms with Gasteiger partial charge in [-0.3, -0.25) is 4.90 Å². The summed E-state index contributed by atoms with van der Waals surface area (Å²) in [5, 5.41) is 21.3. The van der Waals surface area contributed by atoms with E-state index in [0.717, 1.165) is 38.0 Å². The fourth-order valence-corrected chi connectivity index (χ4v) is 5.32. The molecule has 1 aromatic carbocycles. The second-order valence-corrected chi connectivity index (χ2v) is 7.61. The van der Waals surface area contributed by atoms with Crippen LogP contribution in [0, 0.1) is 5.92 Å². The first-order chi connectivity index (χ1) is 11.1. The van der Waals surface area contributed by atoms with E-state index in [-0.39, 0.29) is 23.6 Å². The van der Waals surface area contributed by atoms with Crippen LogP contribution in [-0.2, 0) is 6.42 Å². The monoisotopic (exact) mass is 317 g/mol. The van der Waals surface area contributed by atoms with Gasteiger partial charge in [0.25, 0.3) is 0 Å². The van der Waals surface area contributed by atoms with Gasteiger partial charge in [-0.05, 0) is 62.8 Å². The second kappa shape index (κ2) is 5.76. The molecule has 1 aromatic rings. The molecule has 1 aliphatic carbocycles. The fourth-order valence-electron chi connectivity index (χ4n) is 5.32. The Morgan fingerprint density at radius 2 is 2.00 bits per heavy atom. The van der Waals surface area contributed by atoms with E-state index in [9.17, 15) is 10.2 Å². The standard InChI is InChI=1S/C19H27NO3/c1-23-14-5-3-13(4-6-14)11-16-18(22)15-12-19(9-7-17(15)21)8-2-10-20(16)19/h3-6,15-18,21-22H,2,7-12H2,1H3/t15?,16-,17+,18-,19-/m0/s1. The third-order valence-electron chi connectivity index (χ3n) is 6.50. The molecule has 4 rings (SSSR count). The van der Waals surface area contributed by atoms with Gasteiger partial charge in [0, 0.05) is 17.5 Å². The number of ether oxygens (including phenoxy) is 1. The van der Waals surface area contributed by atoms with Crippen LogP contribution < -0.4 is 4.74 Å². The predicted octanol–water partition coefficient (Wildman–Crippen LogP) is 1.98. The lowest BCUT2D eigenvalue weighted by Crippen LogP contribution is -2.66. The first kappa shape index (κ1) is 15.4. The van der Waals surface area contributed by atoms with E-state index >= 15 is 0 Å². The van der Waals surface area contributed by atoms with Crippen LogP contribution in [0.2, 0.25) is 0 Å². The molecule has 126 valence electrons. The topological polar surface area (TPSA) is 52.9 Å². The van der Waals surface area contributed by atoms with Crippen LogP contribution in [0.4, 0.5) is 0 Å². The molecule has 1 spiro atoms. The van der Waals surface area contributed by atoms with Crippen LogP contribution in [0.3, 0.4) is 0 Å². The Morgan fingerprint density at radius 1 is 1.22 bits per heavy atom. The summed E-state index contributed by atoms with van der Waals surface area (Å²) in [5.74, 6) is 0.907. The quantitative estimate of drug-likeness (QED) is 0.895. The number of piperidine rings is 1. The minimum Gasteiger partial charge on any atom is -0.497 e. The summed E-state index contributed by atoms with van der Waals surface area (Å²) in [4.78, 5) is 2.57. The Morgan fingerprint density at radius 3 is 2.74 bits per heavy atom. The minimum absolute atomic E-state index is 0.0429. The number of methoxy groups -OCH3 is 1. The number of aliphatic hydroxyl groups is 2. The summed E-state index contributed by atoms with van der Waals surface area (Å²) < 4.78 is 5.23. The van der Waals surface area contributed by atoms with E-state index in [4.69, 9.17) is 4.74 Å². The number of nitrogens with zero attached hydrogens (tertiary/aromatic N) is 1. The highest BCUT2D eigenvalue weighted by molar-refractivity contribution is 5.28. The molecule has 0 aromatic heterocycles. The Labute approximate surface area is 138 Å². The smallest absolute Gasteiger partial charge is 0.118 e. The van der Waals surface area contributed by atoms with Crippen LogP contribution in [0.25, 0.3) is 0 Å². The molecule has 0 amide bonds. The molecule has 3 aliphatic rings.